The Hall–Kier alpha value is -4.08. The van der Waals surface area contributed by atoms with Gasteiger partial charge in [0.2, 0.25) is 0 Å². The second-order valence-corrected chi connectivity index (χ2v) is 8.65. The fraction of sp³-hybridized carbons (Fsp3) is 0.269. The number of halogens is 3. The summed E-state index contributed by atoms with van der Waals surface area (Å²) in [7, 11) is 0. The van der Waals surface area contributed by atoms with Crippen LogP contribution in [0.3, 0.4) is 0 Å². The molecule has 1 fully saturated rings. The fourth-order valence-electron chi connectivity index (χ4n) is 4.19. The minimum atomic E-state index is -4.41. The first-order chi connectivity index (χ1) is 17.3. The van der Waals surface area contributed by atoms with Gasteiger partial charge in [-0.1, -0.05) is 6.07 Å². The van der Waals surface area contributed by atoms with Gasteiger partial charge < -0.3 is 18.9 Å². The molecule has 0 radical (unpaired) electrons. The average molecular weight is 496 g/mol. The van der Waals surface area contributed by atoms with Crippen molar-refractivity contribution < 1.29 is 22.7 Å². The zero-order valence-corrected chi connectivity index (χ0v) is 19.6. The van der Waals surface area contributed by atoms with E-state index < -0.39 is 11.7 Å². The first kappa shape index (κ1) is 23.7. The van der Waals surface area contributed by atoms with Crippen molar-refractivity contribution in [3.8, 4) is 5.75 Å². The number of nitrogens with zero attached hydrogens (tertiary/aromatic N) is 5. The van der Waals surface area contributed by atoms with Crippen molar-refractivity contribution in [2.75, 3.05) is 31.1 Å². The van der Waals surface area contributed by atoms with Gasteiger partial charge in [0.05, 0.1) is 11.3 Å². The van der Waals surface area contributed by atoms with Gasteiger partial charge in [-0.3, -0.25) is 4.79 Å². The van der Waals surface area contributed by atoms with Crippen molar-refractivity contribution in [2.24, 2.45) is 0 Å². The lowest BCUT2D eigenvalue weighted by atomic mass is 10.1. The molecular formula is C26H24F3N5O2. The lowest BCUT2D eigenvalue weighted by Crippen LogP contribution is -2.49. The summed E-state index contributed by atoms with van der Waals surface area (Å²) in [6.45, 7) is 4.20. The minimum Gasteiger partial charge on any atom is -0.487 e. The van der Waals surface area contributed by atoms with E-state index in [1.807, 2.05) is 40.8 Å². The molecule has 0 bridgehead atoms. The van der Waals surface area contributed by atoms with Gasteiger partial charge in [0.25, 0.3) is 5.91 Å². The Morgan fingerprint density at radius 2 is 1.78 bits per heavy atom. The van der Waals surface area contributed by atoms with Gasteiger partial charge in [-0.2, -0.15) is 13.2 Å². The number of hydrogen-bond donors (Lipinski definition) is 0. The maximum Gasteiger partial charge on any atom is 0.417 e. The van der Waals surface area contributed by atoms with Crippen LogP contribution < -0.4 is 9.64 Å². The van der Waals surface area contributed by atoms with Crippen LogP contribution in [0.15, 0.2) is 67.1 Å². The number of carbonyl (C=O) groups is 1. The van der Waals surface area contributed by atoms with E-state index in [0.717, 1.165) is 29.2 Å². The zero-order chi connectivity index (χ0) is 25.3. The van der Waals surface area contributed by atoms with E-state index in [1.165, 1.54) is 6.07 Å². The molecule has 1 aromatic carbocycles. The van der Waals surface area contributed by atoms with Crippen LogP contribution in [0.5, 0.6) is 5.75 Å². The third kappa shape index (κ3) is 4.98. The Bertz CT molecular complexity index is 1360. The number of aryl methyl sites for hydroxylation is 1. The van der Waals surface area contributed by atoms with Gasteiger partial charge in [0.15, 0.2) is 0 Å². The minimum absolute atomic E-state index is 0.0996. The van der Waals surface area contributed by atoms with Gasteiger partial charge in [0, 0.05) is 50.3 Å². The van der Waals surface area contributed by atoms with Crippen molar-refractivity contribution in [3.63, 3.8) is 0 Å². The quantitative estimate of drug-likeness (QED) is 0.405. The summed E-state index contributed by atoms with van der Waals surface area (Å²) < 4.78 is 46.1. The smallest absolute Gasteiger partial charge is 0.417 e. The van der Waals surface area contributed by atoms with E-state index in [-0.39, 0.29) is 5.91 Å². The lowest BCUT2D eigenvalue weighted by molar-refractivity contribution is -0.137. The Morgan fingerprint density at radius 1 is 1.03 bits per heavy atom. The third-order valence-corrected chi connectivity index (χ3v) is 6.18. The molecule has 0 spiro atoms. The molecule has 0 N–H and O–H groups in total. The molecule has 1 saturated heterocycles. The molecule has 36 heavy (non-hydrogen) atoms. The molecule has 5 rings (SSSR count). The molecule has 0 saturated carbocycles. The number of imidazole rings is 1. The van der Waals surface area contributed by atoms with E-state index in [2.05, 4.69) is 9.97 Å². The van der Waals surface area contributed by atoms with Crippen molar-refractivity contribution in [1.82, 2.24) is 19.3 Å². The number of benzene rings is 1. The third-order valence-electron chi connectivity index (χ3n) is 6.18. The van der Waals surface area contributed by atoms with Crippen LogP contribution in [-0.2, 0) is 12.8 Å². The predicted octanol–water partition coefficient (Wildman–Crippen LogP) is 4.60. The highest BCUT2D eigenvalue weighted by atomic mass is 19.4. The van der Waals surface area contributed by atoms with Crippen LogP contribution in [0, 0.1) is 6.92 Å². The summed E-state index contributed by atoms with van der Waals surface area (Å²) in [5, 5.41) is 0. The molecule has 4 aromatic rings. The number of aromatic nitrogens is 3. The number of alkyl halides is 3. The highest BCUT2D eigenvalue weighted by Crippen LogP contribution is 2.29. The number of pyridine rings is 2. The predicted molar refractivity (Wildman–Crippen MR) is 128 cm³/mol. The number of rotatable bonds is 5. The number of anilines is 1. The van der Waals surface area contributed by atoms with Crippen LogP contribution in [0.1, 0.15) is 27.2 Å². The van der Waals surface area contributed by atoms with Crippen LogP contribution in [0.2, 0.25) is 0 Å². The molecule has 4 heterocycles. The van der Waals surface area contributed by atoms with Crippen LogP contribution in [0.25, 0.3) is 5.65 Å². The SMILES string of the molecule is Cc1cccn2cc(COc3ccc(C(=O)N4CCN(c5ccc(C(F)(F)F)cn5)CC4)cc3)nc12. The molecule has 0 atom stereocenters. The standard InChI is InChI=1S/C26H24F3N5O2/c1-18-3-2-10-34-16-21(31-24(18)34)17-36-22-7-4-19(5-8-22)25(35)33-13-11-32(12-14-33)23-9-6-20(15-30-23)26(27,28)29/h2-10,15-16H,11-14,17H2,1H3. The second kappa shape index (κ2) is 9.52. The zero-order valence-electron chi connectivity index (χ0n) is 19.6. The molecule has 0 unspecified atom stereocenters. The summed E-state index contributed by atoms with van der Waals surface area (Å²) in [5.41, 5.74) is 2.56. The highest BCUT2D eigenvalue weighted by Gasteiger charge is 2.31. The molecule has 1 aliphatic rings. The fourth-order valence-corrected chi connectivity index (χ4v) is 4.19. The topological polar surface area (TPSA) is 63.0 Å². The number of fused-ring (bicyclic) bond motifs is 1. The number of amides is 1. The monoisotopic (exact) mass is 495 g/mol. The normalized spacial score (nSPS) is 14.3. The molecule has 0 aliphatic carbocycles. The molecule has 1 amide bonds. The van der Waals surface area contributed by atoms with Gasteiger partial charge >= 0.3 is 6.18 Å². The van der Waals surface area contributed by atoms with E-state index in [9.17, 15) is 18.0 Å². The Kier molecular flexibility index (Phi) is 6.26. The lowest BCUT2D eigenvalue weighted by Gasteiger charge is -2.35. The van der Waals surface area contributed by atoms with E-state index >= 15 is 0 Å². The largest absolute Gasteiger partial charge is 0.487 e. The van der Waals surface area contributed by atoms with Crippen molar-refractivity contribution in [1.29, 1.82) is 0 Å². The van der Waals surface area contributed by atoms with Crippen molar-refractivity contribution >= 4 is 17.4 Å². The summed E-state index contributed by atoms with van der Waals surface area (Å²) in [6.07, 6.45) is 0.302. The van der Waals surface area contributed by atoms with Crippen LogP contribution in [-0.4, -0.2) is 51.4 Å². The Labute approximate surface area is 205 Å². The summed E-state index contributed by atoms with van der Waals surface area (Å²) >= 11 is 0. The highest BCUT2D eigenvalue weighted by molar-refractivity contribution is 5.94. The van der Waals surface area contributed by atoms with Crippen LogP contribution >= 0.6 is 0 Å². The maximum atomic E-state index is 12.9. The van der Waals surface area contributed by atoms with E-state index in [0.29, 0.717) is 49.9 Å². The maximum absolute atomic E-state index is 12.9. The van der Waals surface area contributed by atoms with Gasteiger partial charge in [-0.05, 0) is 55.0 Å². The van der Waals surface area contributed by atoms with Crippen molar-refractivity contribution in [3.05, 3.63) is 89.5 Å². The molecule has 186 valence electrons. The first-order valence-electron chi connectivity index (χ1n) is 11.5. The van der Waals surface area contributed by atoms with Gasteiger partial charge in [-0.25, -0.2) is 9.97 Å². The molecule has 10 heteroatoms. The summed E-state index contributed by atoms with van der Waals surface area (Å²) in [5.74, 6) is 1.01. The Balaban J connectivity index is 1.15. The molecule has 7 nitrogen and oxygen atoms in total. The average Bonchev–Trinajstić information content (AvgIpc) is 3.32. The Morgan fingerprint density at radius 3 is 2.42 bits per heavy atom. The van der Waals surface area contributed by atoms with Crippen LogP contribution in [0.4, 0.5) is 19.0 Å². The number of ether oxygens (including phenoxy) is 1. The van der Waals surface area contributed by atoms with E-state index in [1.54, 1.807) is 29.2 Å². The molecular weight excluding hydrogens is 471 g/mol. The summed E-state index contributed by atoms with van der Waals surface area (Å²) in [4.78, 5) is 25.1. The molecule has 3 aromatic heterocycles. The van der Waals surface area contributed by atoms with Crippen molar-refractivity contribution in [2.45, 2.75) is 19.7 Å². The second-order valence-electron chi connectivity index (χ2n) is 8.65. The number of carbonyl (C=O) groups excluding carboxylic acids is 1. The summed E-state index contributed by atoms with van der Waals surface area (Å²) in [6, 6.07) is 13.4. The van der Waals surface area contributed by atoms with Gasteiger partial charge in [0.1, 0.15) is 23.8 Å². The number of piperazine rings is 1. The van der Waals surface area contributed by atoms with Gasteiger partial charge in [-0.15, -0.1) is 0 Å². The first-order valence-corrected chi connectivity index (χ1v) is 11.5. The number of hydrogen-bond acceptors (Lipinski definition) is 5. The van der Waals surface area contributed by atoms with E-state index in [4.69, 9.17) is 4.74 Å². The molecule has 1 aliphatic heterocycles.